The molecule has 11 heteroatoms. The first-order valence-corrected chi connectivity index (χ1v) is 12.0. The van der Waals surface area contributed by atoms with Crippen LogP contribution in [0.25, 0.3) is 22.0 Å². The highest BCUT2D eigenvalue weighted by molar-refractivity contribution is 7.90. The summed E-state index contributed by atoms with van der Waals surface area (Å²) >= 11 is 0. The van der Waals surface area contributed by atoms with Crippen LogP contribution in [0, 0.1) is 11.2 Å². The van der Waals surface area contributed by atoms with E-state index in [1.54, 1.807) is 6.20 Å². The summed E-state index contributed by atoms with van der Waals surface area (Å²) < 4.78 is 84.5. The summed E-state index contributed by atoms with van der Waals surface area (Å²) in [6.45, 7) is 6.43. The van der Waals surface area contributed by atoms with Crippen LogP contribution in [0.5, 0.6) is 0 Å². The van der Waals surface area contributed by atoms with Gasteiger partial charge in [0, 0.05) is 47.5 Å². The second-order valence-corrected chi connectivity index (χ2v) is 11.6. The zero-order chi connectivity index (χ0) is 24.2. The standard InChI is InChI=1S/C22H24F4N4O2S/c1-21(2,3)11-30-10-13(8-29-33(31,32)14-4-5-14)15-6-18(23)16(7-19(15)30)17-9-27-12-28-20(17)22(24,25)26/h6-7,9-10,12,14,29H,4-5,8,11H2,1-3H3. The van der Waals surface area contributed by atoms with E-state index in [1.165, 1.54) is 6.07 Å². The normalized spacial score (nSPS) is 15.4. The molecule has 3 aromatic rings. The fourth-order valence-corrected chi connectivity index (χ4v) is 5.15. The third kappa shape index (κ3) is 5.03. The molecule has 4 rings (SSSR count). The Morgan fingerprint density at radius 2 is 1.85 bits per heavy atom. The lowest BCUT2D eigenvalue weighted by Crippen LogP contribution is -2.26. The number of nitrogens with zero attached hydrogens (tertiary/aromatic N) is 3. The highest BCUT2D eigenvalue weighted by atomic mass is 32.2. The molecule has 1 aromatic carbocycles. The number of rotatable bonds is 6. The number of nitrogens with one attached hydrogen (secondary N) is 1. The average molecular weight is 485 g/mol. The highest BCUT2D eigenvalue weighted by Gasteiger charge is 2.37. The maximum Gasteiger partial charge on any atom is 0.434 e. The quantitative estimate of drug-likeness (QED) is 0.506. The molecular weight excluding hydrogens is 460 g/mol. The first-order valence-electron chi connectivity index (χ1n) is 10.4. The summed E-state index contributed by atoms with van der Waals surface area (Å²) in [6, 6.07) is 2.50. The number of alkyl halides is 3. The van der Waals surface area contributed by atoms with Gasteiger partial charge in [0.15, 0.2) is 5.69 Å². The minimum absolute atomic E-state index is 0.0342. The smallest absolute Gasteiger partial charge is 0.347 e. The van der Waals surface area contributed by atoms with Crippen LogP contribution in [-0.4, -0.2) is 28.2 Å². The van der Waals surface area contributed by atoms with E-state index < -0.39 is 38.5 Å². The van der Waals surface area contributed by atoms with E-state index in [1.807, 2.05) is 25.3 Å². The van der Waals surface area contributed by atoms with Gasteiger partial charge in [-0.05, 0) is 36.0 Å². The zero-order valence-electron chi connectivity index (χ0n) is 18.4. The summed E-state index contributed by atoms with van der Waals surface area (Å²) in [5.41, 5.74) is -1.10. The van der Waals surface area contributed by atoms with Gasteiger partial charge in [-0.2, -0.15) is 13.2 Å². The summed E-state index contributed by atoms with van der Waals surface area (Å²) in [5, 5.41) is 0.0343. The van der Waals surface area contributed by atoms with Crippen molar-refractivity contribution in [1.29, 1.82) is 0 Å². The Balaban J connectivity index is 1.84. The van der Waals surface area contributed by atoms with Gasteiger partial charge in [0.2, 0.25) is 10.0 Å². The van der Waals surface area contributed by atoms with Gasteiger partial charge in [-0.15, -0.1) is 0 Å². The number of benzene rings is 1. The van der Waals surface area contributed by atoms with Gasteiger partial charge in [-0.1, -0.05) is 20.8 Å². The van der Waals surface area contributed by atoms with E-state index in [2.05, 4.69) is 14.7 Å². The minimum atomic E-state index is -4.78. The molecule has 1 aliphatic rings. The van der Waals surface area contributed by atoms with Crippen molar-refractivity contribution in [3.05, 3.63) is 47.9 Å². The van der Waals surface area contributed by atoms with Crippen molar-refractivity contribution in [2.75, 3.05) is 0 Å². The lowest BCUT2D eigenvalue weighted by molar-refractivity contribution is -0.140. The van der Waals surface area contributed by atoms with E-state index in [0.717, 1.165) is 18.6 Å². The van der Waals surface area contributed by atoms with Crippen LogP contribution >= 0.6 is 0 Å². The Morgan fingerprint density at radius 3 is 2.45 bits per heavy atom. The number of fused-ring (bicyclic) bond motifs is 1. The van der Waals surface area contributed by atoms with Crippen LogP contribution in [-0.2, 0) is 29.3 Å². The molecule has 6 nitrogen and oxygen atoms in total. The average Bonchev–Trinajstić information content (AvgIpc) is 3.50. The van der Waals surface area contributed by atoms with Crippen LogP contribution in [0.4, 0.5) is 17.6 Å². The maximum atomic E-state index is 15.1. The predicted molar refractivity (Wildman–Crippen MR) is 116 cm³/mol. The monoisotopic (exact) mass is 484 g/mol. The van der Waals surface area contributed by atoms with Crippen molar-refractivity contribution in [3.8, 4) is 11.1 Å². The molecule has 2 heterocycles. The Bertz CT molecular complexity index is 1310. The molecule has 33 heavy (non-hydrogen) atoms. The van der Waals surface area contributed by atoms with Gasteiger partial charge in [0.25, 0.3) is 0 Å². The third-order valence-corrected chi connectivity index (χ3v) is 7.29. The molecule has 178 valence electrons. The van der Waals surface area contributed by atoms with Gasteiger partial charge in [0.05, 0.1) is 5.25 Å². The molecule has 1 N–H and O–H groups in total. The van der Waals surface area contributed by atoms with Crippen LogP contribution in [0.3, 0.4) is 0 Å². The Morgan fingerprint density at radius 1 is 1.15 bits per heavy atom. The van der Waals surface area contributed by atoms with Gasteiger partial charge < -0.3 is 4.57 Å². The van der Waals surface area contributed by atoms with Crippen molar-refractivity contribution in [2.24, 2.45) is 5.41 Å². The lowest BCUT2D eigenvalue weighted by Gasteiger charge is -2.20. The first kappa shape index (κ1) is 23.6. The molecule has 2 aromatic heterocycles. The van der Waals surface area contributed by atoms with Crippen LogP contribution in [0.15, 0.2) is 30.9 Å². The summed E-state index contributed by atoms with van der Waals surface area (Å²) in [6.07, 6.45) is -0.115. The van der Waals surface area contributed by atoms with Crippen LogP contribution in [0.2, 0.25) is 0 Å². The van der Waals surface area contributed by atoms with Gasteiger partial charge in [0.1, 0.15) is 12.1 Å². The van der Waals surface area contributed by atoms with Crippen molar-refractivity contribution in [2.45, 2.75) is 58.1 Å². The fraction of sp³-hybridized carbons (Fsp3) is 0.455. The number of hydrogen-bond donors (Lipinski definition) is 1. The van der Waals surface area contributed by atoms with E-state index >= 15 is 4.39 Å². The van der Waals surface area contributed by atoms with E-state index in [-0.39, 0.29) is 17.5 Å². The van der Waals surface area contributed by atoms with E-state index in [4.69, 9.17) is 0 Å². The Hall–Kier alpha value is -2.53. The fourth-order valence-electron chi connectivity index (χ4n) is 3.80. The number of hydrogen-bond acceptors (Lipinski definition) is 4. The molecule has 1 fully saturated rings. The second-order valence-electron chi connectivity index (χ2n) is 9.54. The van der Waals surface area contributed by atoms with Crippen LogP contribution < -0.4 is 4.72 Å². The molecule has 1 saturated carbocycles. The molecule has 0 atom stereocenters. The van der Waals surface area contributed by atoms with Crippen molar-refractivity contribution < 1.29 is 26.0 Å². The molecule has 0 amide bonds. The number of sulfonamides is 1. The highest BCUT2D eigenvalue weighted by Crippen LogP contribution is 2.38. The van der Waals surface area contributed by atoms with Crippen molar-refractivity contribution >= 4 is 20.9 Å². The molecule has 1 aliphatic carbocycles. The molecule has 0 saturated heterocycles. The Kier molecular flexibility index (Phi) is 5.76. The lowest BCUT2D eigenvalue weighted by atomic mass is 9.96. The van der Waals surface area contributed by atoms with Gasteiger partial charge in [-0.3, -0.25) is 0 Å². The van der Waals surface area contributed by atoms with Crippen molar-refractivity contribution in [1.82, 2.24) is 19.3 Å². The van der Waals surface area contributed by atoms with Gasteiger partial charge >= 0.3 is 6.18 Å². The molecule has 0 radical (unpaired) electrons. The van der Waals surface area contributed by atoms with E-state index in [9.17, 15) is 21.6 Å². The molecule has 0 bridgehead atoms. The maximum absolute atomic E-state index is 15.1. The summed E-state index contributed by atoms with van der Waals surface area (Å²) in [4.78, 5) is 6.99. The van der Waals surface area contributed by atoms with Crippen LogP contribution in [0.1, 0.15) is 44.9 Å². The largest absolute Gasteiger partial charge is 0.434 e. The first-order chi connectivity index (χ1) is 15.3. The van der Waals surface area contributed by atoms with Crippen molar-refractivity contribution in [3.63, 3.8) is 0 Å². The minimum Gasteiger partial charge on any atom is -0.347 e. The number of halogens is 4. The van der Waals surface area contributed by atoms with E-state index in [0.29, 0.717) is 35.9 Å². The third-order valence-electron chi connectivity index (χ3n) is 5.40. The SMILES string of the molecule is CC(C)(C)Cn1cc(CNS(=O)(=O)C2CC2)c2cc(F)c(-c3cncnc3C(F)(F)F)cc21. The Labute approximate surface area is 189 Å². The van der Waals surface area contributed by atoms with Gasteiger partial charge in [-0.25, -0.2) is 27.5 Å². The zero-order valence-corrected chi connectivity index (χ0v) is 19.2. The molecule has 0 unspecified atom stereocenters. The molecule has 0 spiro atoms. The number of aromatic nitrogens is 3. The molecular formula is C22H24F4N4O2S. The topological polar surface area (TPSA) is 76.9 Å². The summed E-state index contributed by atoms with van der Waals surface area (Å²) in [7, 11) is -3.46. The second kappa shape index (κ2) is 8.05. The molecule has 0 aliphatic heterocycles. The predicted octanol–water partition coefficient (Wildman–Crippen LogP) is 4.88. The summed E-state index contributed by atoms with van der Waals surface area (Å²) in [5.74, 6) is -0.873.